The largest absolute Gasteiger partial charge is 0.460 e. The maximum Gasteiger partial charge on any atom is 0.419 e. The summed E-state index contributed by atoms with van der Waals surface area (Å²) in [6, 6.07) is 5.93. The van der Waals surface area contributed by atoms with Crippen molar-refractivity contribution in [2.24, 2.45) is 5.92 Å². The Hall–Kier alpha value is -1.82. The zero-order valence-electron chi connectivity index (χ0n) is 18.1. The van der Waals surface area contributed by atoms with Gasteiger partial charge in [-0.25, -0.2) is 9.36 Å². The smallest absolute Gasteiger partial charge is 0.419 e. The van der Waals surface area contributed by atoms with Crippen molar-refractivity contribution in [2.75, 3.05) is 0 Å². The molecule has 0 N–H and O–H groups in total. The predicted molar refractivity (Wildman–Crippen MR) is 117 cm³/mol. The average Bonchev–Trinajstić information content (AvgIpc) is 2.84. The third kappa shape index (κ3) is 5.21. The van der Waals surface area contributed by atoms with E-state index in [1.54, 1.807) is 4.57 Å². The van der Waals surface area contributed by atoms with Crippen LogP contribution in [0.5, 0.6) is 0 Å². The van der Waals surface area contributed by atoms with Gasteiger partial charge in [-0.3, -0.25) is 4.79 Å². The molecule has 5 nitrogen and oxygen atoms in total. The third-order valence-electron chi connectivity index (χ3n) is 4.88. The van der Waals surface area contributed by atoms with Gasteiger partial charge >= 0.3 is 12.1 Å². The van der Waals surface area contributed by atoms with Crippen molar-refractivity contribution in [3.8, 4) is 0 Å². The molecule has 0 spiro atoms. The molecule has 3 rings (SSSR count). The Kier molecular flexibility index (Phi) is 5.87. The molecule has 0 saturated heterocycles. The number of ether oxygens (including phenoxy) is 2. The SMILES string of the molecule is CC(C)(C)OC(=O)CC1CCc2c(c3cc(Br)ccc3n2C(=O)OC(C)(C)C)C1. The Balaban J connectivity index is 1.94. The van der Waals surface area contributed by atoms with Gasteiger partial charge in [0.1, 0.15) is 11.2 Å². The molecule has 1 aliphatic rings. The summed E-state index contributed by atoms with van der Waals surface area (Å²) in [5.74, 6) is 0.0389. The molecule has 1 aromatic heterocycles. The highest BCUT2D eigenvalue weighted by Crippen LogP contribution is 2.37. The minimum Gasteiger partial charge on any atom is -0.460 e. The van der Waals surface area contributed by atoms with Gasteiger partial charge in [0.05, 0.1) is 5.52 Å². The molecule has 0 saturated carbocycles. The second-order valence-corrected chi connectivity index (χ2v) is 10.7. The number of halogens is 1. The normalized spacial score (nSPS) is 17.1. The Morgan fingerprint density at radius 1 is 1.10 bits per heavy atom. The van der Waals surface area contributed by atoms with Gasteiger partial charge in [-0.15, -0.1) is 0 Å². The van der Waals surface area contributed by atoms with E-state index in [0.717, 1.165) is 45.9 Å². The fraction of sp³-hybridized carbons (Fsp3) is 0.565. The standard InChI is InChI=1S/C23H30BrNO4/c1-22(2,3)28-20(26)12-14-7-9-18-16(11-14)17-13-15(24)8-10-19(17)25(18)21(27)29-23(4,5)6/h8,10,13-14H,7,9,11-12H2,1-6H3. The molecule has 0 bridgehead atoms. The predicted octanol–water partition coefficient (Wildman–Crippen LogP) is 6.02. The maximum absolute atomic E-state index is 13.0. The molecule has 0 aliphatic heterocycles. The van der Waals surface area contributed by atoms with Gasteiger partial charge in [0.15, 0.2) is 0 Å². The number of hydrogen-bond donors (Lipinski definition) is 0. The van der Waals surface area contributed by atoms with Crippen LogP contribution in [0.1, 0.15) is 65.6 Å². The summed E-state index contributed by atoms with van der Waals surface area (Å²) < 4.78 is 13.9. The summed E-state index contributed by atoms with van der Waals surface area (Å²) in [5, 5.41) is 1.04. The van der Waals surface area contributed by atoms with E-state index in [1.807, 2.05) is 59.7 Å². The number of benzene rings is 1. The zero-order valence-corrected chi connectivity index (χ0v) is 19.7. The Morgan fingerprint density at radius 2 is 1.76 bits per heavy atom. The first-order valence-corrected chi connectivity index (χ1v) is 10.9. The first kappa shape index (κ1) is 21.9. The van der Waals surface area contributed by atoms with E-state index in [9.17, 15) is 9.59 Å². The fourth-order valence-electron chi connectivity index (χ4n) is 3.91. The van der Waals surface area contributed by atoms with Gasteiger partial charge in [0.25, 0.3) is 0 Å². The lowest BCUT2D eigenvalue weighted by Gasteiger charge is -2.26. The number of fused-ring (bicyclic) bond motifs is 3. The first-order valence-electron chi connectivity index (χ1n) is 10.1. The van der Waals surface area contributed by atoms with Crippen LogP contribution in [0.3, 0.4) is 0 Å². The number of esters is 1. The van der Waals surface area contributed by atoms with Crippen molar-refractivity contribution in [1.82, 2.24) is 4.57 Å². The van der Waals surface area contributed by atoms with Gasteiger partial charge in [0, 0.05) is 22.0 Å². The van der Waals surface area contributed by atoms with Crippen LogP contribution < -0.4 is 0 Å². The topological polar surface area (TPSA) is 57.5 Å². The summed E-state index contributed by atoms with van der Waals surface area (Å²) in [6.45, 7) is 11.3. The summed E-state index contributed by atoms with van der Waals surface area (Å²) in [5.41, 5.74) is 1.93. The van der Waals surface area contributed by atoms with Crippen molar-refractivity contribution < 1.29 is 19.1 Å². The zero-order chi connectivity index (χ0) is 21.6. The monoisotopic (exact) mass is 463 g/mol. The van der Waals surface area contributed by atoms with E-state index in [4.69, 9.17) is 9.47 Å². The molecular weight excluding hydrogens is 434 g/mol. The Morgan fingerprint density at radius 3 is 2.38 bits per heavy atom. The minimum atomic E-state index is -0.566. The van der Waals surface area contributed by atoms with Crippen LogP contribution in [0.2, 0.25) is 0 Å². The van der Waals surface area contributed by atoms with Crippen molar-refractivity contribution >= 4 is 38.9 Å². The highest BCUT2D eigenvalue weighted by atomic mass is 79.9. The second-order valence-electron chi connectivity index (χ2n) is 9.80. The molecule has 1 heterocycles. The molecule has 1 unspecified atom stereocenters. The van der Waals surface area contributed by atoms with Crippen LogP contribution in [0, 0.1) is 5.92 Å². The lowest BCUT2D eigenvalue weighted by Crippen LogP contribution is -2.29. The third-order valence-corrected chi connectivity index (χ3v) is 5.37. The molecule has 158 valence electrons. The minimum absolute atomic E-state index is 0.164. The van der Waals surface area contributed by atoms with Crippen LogP contribution in [0.4, 0.5) is 4.79 Å². The van der Waals surface area contributed by atoms with Crippen molar-refractivity contribution in [3.05, 3.63) is 33.9 Å². The summed E-state index contributed by atoms with van der Waals surface area (Å²) in [6.07, 6.45) is 2.36. The number of carbonyl (C=O) groups excluding carboxylic acids is 2. The van der Waals surface area contributed by atoms with Gasteiger partial charge in [-0.2, -0.15) is 0 Å². The fourth-order valence-corrected chi connectivity index (χ4v) is 4.27. The summed E-state index contributed by atoms with van der Waals surface area (Å²) in [4.78, 5) is 25.3. The van der Waals surface area contributed by atoms with Gasteiger partial charge in [-0.1, -0.05) is 15.9 Å². The summed E-state index contributed by atoms with van der Waals surface area (Å²) in [7, 11) is 0. The molecule has 29 heavy (non-hydrogen) atoms. The molecule has 6 heteroatoms. The van der Waals surface area contributed by atoms with Crippen LogP contribution >= 0.6 is 15.9 Å². The van der Waals surface area contributed by atoms with Crippen molar-refractivity contribution in [1.29, 1.82) is 0 Å². The van der Waals surface area contributed by atoms with Crippen LogP contribution in [0.15, 0.2) is 22.7 Å². The van der Waals surface area contributed by atoms with Gasteiger partial charge in [-0.05, 0) is 90.5 Å². The molecule has 1 atom stereocenters. The lowest BCUT2D eigenvalue weighted by molar-refractivity contribution is -0.156. The number of carbonyl (C=O) groups is 2. The Bertz CT molecular complexity index is 946. The van der Waals surface area contributed by atoms with Gasteiger partial charge < -0.3 is 9.47 Å². The molecule has 0 radical (unpaired) electrons. The van der Waals surface area contributed by atoms with Crippen LogP contribution in [-0.4, -0.2) is 27.8 Å². The van der Waals surface area contributed by atoms with E-state index in [1.165, 1.54) is 0 Å². The van der Waals surface area contributed by atoms with E-state index >= 15 is 0 Å². The maximum atomic E-state index is 13.0. The van der Waals surface area contributed by atoms with Gasteiger partial charge in [0.2, 0.25) is 0 Å². The molecule has 2 aromatic rings. The molecule has 0 fully saturated rings. The lowest BCUT2D eigenvalue weighted by atomic mass is 9.84. The average molecular weight is 464 g/mol. The second kappa shape index (κ2) is 7.78. The highest BCUT2D eigenvalue weighted by Gasteiger charge is 2.31. The molecular formula is C23H30BrNO4. The van der Waals surface area contributed by atoms with E-state index in [2.05, 4.69) is 15.9 Å². The van der Waals surface area contributed by atoms with E-state index < -0.39 is 11.2 Å². The summed E-state index contributed by atoms with van der Waals surface area (Å²) >= 11 is 3.54. The van der Waals surface area contributed by atoms with Crippen molar-refractivity contribution in [3.63, 3.8) is 0 Å². The quantitative estimate of drug-likeness (QED) is 0.510. The number of hydrogen-bond acceptors (Lipinski definition) is 4. The molecule has 1 aliphatic carbocycles. The molecule has 0 amide bonds. The number of aromatic nitrogens is 1. The highest BCUT2D eigenvalue weighted by molar-refractivity contribution is 9.10. The van der Waals surface area contributed by atoms with Crippen LogP contribution in [-0.2, 0) is 27.1 Å². The Labute approximate surface area is 180 Å². The van der Waals surface area contributed by atoms with E-state index in [0.29, 0.717) is 6.42 Å². The van der Waals surface area contributed by atoms with Crippen LogP contribution in [0.25, 0.3) is 10.9 Å². The van der Waals surface area contributed by atoms with E-state index in [-0.39, 0.29) is 18.0 Å². The number of nitrogens with zero attached hydrogens (tertiary/aromatic N) is 1. The van der Waals surface area contributed by atoms with Crippen molar-refractivity contribution in [2.45, 2.75) is 78.4 Å². The molecule has 1 aromatic carbocycles. The first-order chi connectivity index (χ1) is 13.3. The number of rotatable bonds is 2.